The Labute approximate surface area is 181 Å². The van der Waals surface area contributed by atoms with Crippen LogP contribution in [0.5, 0.6) is 11.5 Å². The minimum atomic E-state index is 0.0685. The zero-order chi connectivity index (χ0) is 21.5. The summed E-state index contributed by atoms with van der Waals surface area (Å²) >= 11 is 0. The highest BCUT2D eigenvalue weighted by Crippen LogP contribution is 2.23. The normalized spacial score (nSPS) is 10.5. The van der Waals surface area contributed by atoms with Gasteiger partial charge in [-0.15, -0.1) is 0 Å². The van der Waals surface area contributed by atoms with Gasteiger partial charge in [0.2, 0.25) is 0 Å². The number of benzene rings is 4. The number of hydrogen-bond acceptors (Lipinski definition) is 3. The quantitative estimate of drug-likeness (QED) is 0.321. The molecule has 0 saturated carbocycles. The summed E-state index contributed by atoms with van der Waals surface area (Å²) < 4.78 is 5.86. The minimum absolute atomic E-state index is 0.0685. The van der Waals surface area contributed by atoms with E-state index >= 15 is 0 Å². The number of ether oxygens (including phenoxy) is 1. The summed E-state index contributed by atoms with van der Waals surface area (Å²) in [5.74, 6) is 1.41. The largest absolute Gasteiger partial charge is 0.457 e. The Kier molecular flexibility index (Phi) is 6.34. The summed E-state index contributed by atoms with van der Waals surface area (Å²) in [5.41, 5.74) is 3.29. The van der Waals surface area contributed by atoms with E-state index in [0.717, 1.165) is 11.1 Å². The molecule has 0 bridgehead atoms. The fraction of sp³-hybridized carbons (Fsp3) is 0.0714. The Balaban J connectivity index is 1.36. The molecule has 152 valence electrons. The maximum absolute atomic E-state index is 12.4. The van der Waals surface area contributed by atoms with Gasteiger partial charge in [-0.2, -0.15) is 0 Å². The van der Waals surface area contributed by atoms with Gasteiger partial charge in [0.25, 0.3) is 0 Å². The van der Waals surface area contributed by atoms with E-state index in [0.29, 0.717) is 35.5 Å². The number of carbonyl (C=O) groups excluding carboxylic acids is 2. The van der Waals surface area contributed by atoms with Crippen molar-refractivity contribution in [3.63, 3.8) is 0 Å². The third kappa shape index (κ3) is 5.55. The lowest BCUT2D eigenvalue weighted by atomic mass is 10.0. The Morgan fingerprint density at radius 1 is 0.484 bits per heavy atom. The lowest BCUT2D eigenvalue weighted by Gasteiger charge is -2.08. The summed E-state index contributed by atoms with van der Waals surface area (Å²) in [7, 11) is 0. The molecule has 4 aromatic carbocycles. The number of carbonyl (C=O) groups is 2. The molecular weight excluding hydrogens is 384 g/mol. The molecule has 0 spiro atoms. The summed E-state index contributed by atoms with van der Waals surface area (Å²) in [6.45, 7) is 0. The highest BCUT2D eigenvalue weighted by Gasteiger charge is 2.09. The van der Waals surface area contributed by atoms with Crippen molar-refractivity contribution in [2.24, 2.45) is 0 Å². The number of Topliss-reactive ketones (excluding diaryl/α,β-unsaturated/α-hetero) is 2. The van der Waals surface area contributed by atoms with Crippen molar-refractivity contribution in [3.05, 3.63) is 131 Å². The van der Waals surface area contributed by atoms with Crippen molar-refractivity contribution in [2.45, 2.75) is 12.8 Å². The fourth-order valence-corrected chi connectivity index (χ4v) is 3.32. The van der Waals surface area contributed by atoms with Crippen LogP contribution >= 0.6 is 0 Å². The standard InChI is InChI=1S/C28H22O3/c29-27(19-21-7-3-1-4-8-21)23-11-15-25(16-12-23)31-26-17-13-24(14-18-26)28(30)20-22-9-5-2-6-10-22/h1-18H,19-20H2. The van der Waals surface area contributed by atoms with E-state index in [1.165, 1.54) is 0 Å². The SMILES string of the molecule is O=C(Cc1ccccc1)c1ccc(Oc2ccc(C(=O)Cc3ccccc3)cc2)cc1. The van der Waals surface area contributed by atoms with E-state index in [-0.39, 0.29) is 11.6 Å². The van der Waals surface area contributed by atoms with Gasteiger partial charge < -0.3 is 4.74 Å². The first-order valence-electron chi connectivity index (χ1n) is 10.2. The molecule has 0 aromatic heterocycles. The summed E-state index contributed by atoms with van der Waals surface area (Å²) in [6.07, 6.45) is 0.749. The van der Waals surface area contributed by atoms with Crippen LogP contribution in [0.3, 0.4) is 0 Å². The maximum Gasteiger partial charge on any atom is 0.167 e. The predicted molar refractivity (Wildman–Crippen MR) is 122 cm³/mol. The zero-order valence-electron chi connectivity index (χ0n) is 17.0. The van der Waals surface area contributed by atoms with Gasteiger partial charge in [-0.3, -0.25) is 9.59 Å². The van der Waals surface area contributed by atoms with Crippen molar-refractivity contribution >= 4 is 11.6 Å². The molecule has 4 rings (SSSR count). The van der Waals surface area contributed by atoms with Crippen molar-refractivity contribution < 1.29 is 14.3 Å². The fourth-order valence-electron chi connectivity index (χ4n) is 3.32. The second kappa shape index (κ2) is 9.68. The molecule has 0 unspecified atom stereocenters. The van der Waals surface area contributed by atoms with Gasteiger partial charge >= 0.3 is 0 Å². The molecule has 0 fully saturated rings. The lowest BCUT2D eigenvalue weighted by Crippen LogP contribution is -2.03. The number of rotatable bonds is 8. The third-order valence-electron chi connectivity index (χ3n) is 5.00. The van der Waals surface area contributed by atoms with Crippen LogP contribution in [0, 0.1) is 0 Å². The first kappa shape index (κ1) is 20.3. The van der Waals surface area contributed by atoms with Gasteiger partial charge in [-0.05, 0) is 59.7 Å². The molecule has 0 atom stereocenters. The molecule has 0 heterocycles. The first-order valence-corrected chi connectivity index (χ1v) is 10.2. The van der Waals surface area contributed by atoms with Gasteiger partial charge in [-0.25, -0.2) is 0 Å². The van der Waals surface area contributed by atoms with E-state index in [1.807, 2.05) is 60.7 Å². The van der Waals surface area contributed by atoms with E-state index in [9.17, 15) is 9.59 Å². The molecule has 0 aliphatic rings. The molecule has 0 radical (unpaired) electrons. The smallest absolute Gasteiger partial charge is 0.167 e. The van der Waals surface area contributed by atoms with E-state index in [4.69, 9.17) is 4.74 Å². The molecule has 0 aliphatic carbocycles. The third-order valence-corrected chi connectivity index (χ3v) is 5.00. The molecular formula is C28H22O3. The van der Waals surface area contributed by atoms with E-state index in [1.54, 1.807) is 48.5 Å². The first-order chi connectivity index (χ1) is 15.2. The highest BCUT2D eigenvalue weighted by atomic mass is 16.5. The van der Waals surface area contributed by atoms with Crippen molar-refractivity contribution in [2.75, 3.05) is 0 Å². The molecule has 31 heavy (non-hydrogen) atoms. The molecule has 4 aromatic rings. The number of ketones is 2. The summed E-state index contributed by atoms with van der Waals surface area (Å²) in [5, 5.41) is 0. The van der Waals surface area contributed by atoms with Gasteiger partial charge in [-0.1, -0.05) is 60.7 Å². The summed E-state index contributed by atoms with van der Waals surface area (Å²) in [6, 6.07) is 33.6. The van der Waals surface area contributed by atoms with Gasteiger partial charge in [0, 0.05) is 24.0 Å². The molecule has 3 heteroatoms. The van der Waals surface area contributed by atoms with Crippen LogP contribution in [0.25, 0.3) is 0 Å². The number of hydrogen-bond donors (Lipinski definition) is 0. The second-order valence-electron chi connectivity index (χ2n) is 7.32. The Hall–Kier alpha value is -3.98. The van der Waals surface area contributed by atoms with Crippen LogP contribution in [-0.4, -0.2) is 11.6 Å². The average molecular weight is 406 g/mol. The second-order valence-corrected chi connectivity index (χ2v) is 7.32. The molecule has 0 amide bonds. The lowest BCUT2D eigenvalue weighted by molar-refractivity contribution is 0.0985. The molecule has 3 nitrogen and oxygen atoms in total. The minimum Gasteiger partial charge on any atom is -0.457 e. The van der Waals surface area contributed by atoms with E-state index < -0.39 is 0 Å². The topological polar surface area (TPSA) is 43.4 Å². The maximum atomic E-state index is 12.4. The van der Waals surface area contributed by atoms with Crippen LogP contribution in [0.4, 0.5) is 0 Å². The Morgan fingerprint density at radius 3 is 1.19 bits per heavy atom. The van der Waals surface area contributed by atoms with Crippen LogP contribution in [0.1, 0.15) is 31.8 Å². The average Bonchev–Trinajstić information content (AvgIpc) is 2.81. The molecule has 0 N–H and O–H groups in total. The van der Waals surface area contributed by atoms with Crippen LogP contribution in [0.2, 0.25) is 0 Å². The molecule has 0 aliphatic heterocycles. The zero-order valence-corrected chi connectivity index (χ0v) is 17.0. The van der Waals surface area contributed by atoms with Crippen LogP contribution in [-0.2, 0) is 12.8 Å². The van der Waals surface area contributed by atoms with Crippen molar-refractivity contribution in [3.8, 4) is 11.5 Å². The van der Waals surface area contributed by atoms with Gasteiger partial charge in [0.1, 0.15) is 11.5 Å². The van der Waals surface area contributed by atoms with Crippen molar-refractivity contribution in [1.82, 2.24) is 0 Å². The van der Waals surface area contributed by atoms with Crippen LogP contribution in [0.15, 0.2) is 109 Å². The van der Waals surface area contributed by atoms with Gasteiger partial charge in [0.15, 0.2) is 11.6 Å². The van der Waals surface area contributed by atoms with E-state index in [2.05, 4.69) is 0 Å². The highest BCUT2D eigenvalue weighted by molar-refractivity contribution is 5.98. The van der Waals surface area contributed by atoms with Crippen LogP contribution < -0.4 is 4.74 Å². The van der Waals surface area contributed by atoms with Crippen molar-refractivity contribution in [1.29, 1.82) is 0 Å². The summed E-state index contributed by atoms with van der Waals surface area (Å²) in [4.78, 5) is 24.9. The van der Waals surface area contributed by atoms with Gasteiger partial charge in [0.05, 0.1) is 0 Å². The monoisotopic (exact) mass is 406 g/mol. The Morgan fingerprint density at radius 2 is 0.839 bits per heavy atom. The predicted octanol–water partition coefficient (Wildman–Crippen LogP) is 6.33. The molecule has 0 saturated heterocycles. The Bertz CT molecular complexity index is 1050.